The first-order valence-electron chi connectivity index (χ1n) is 8.88. The molecule has 26 heavy (non-hydrogen) atoms. The molecule has 0 saturated carbocycles. The Labute approximate surface area is 157 Å². The van der Waals surface area contributed by atoms with E-state index in [0.717, 1.165) is 66.2 Å². The molecule has 3 aromatic rings. The Balaban J connectivity index is 1.63. The zero-order valence-electron chi connectivity index (χ0n) is 14.7. The molecule has 0 amide bonds. The van der Waals surface area contributed by atoms with Crippen LogP contribution in [0.15, 0.2) is 36.4 Å². The van der Waals surface area contributed by atoms with E-state index in [1.54, 1.807) is 7.11 Å². The van der Waals surface area contributed by atoms with E-state index in [1.165, 1.54) is 0 Å². The Kier molecular flexibility index (Phi) is 5.00. The molecule has 1 aliphatic rings. The molecular formula is C20H22ClN3O2. The van der Waals surface area contributed by atoms with Crippen molar-refractivity contribution in [2.45, 2.75) is 12.8 Å². The van der Waals surface area contributed by atoms with Gasteiger partial charge in [0.05, 0.1) is 18.3 Å². The lowest BCUT2D eigenvalue weighted by Gasteiger charge is -2.22. The summed E-state index contributed by atoms with van der Waals surface area (Å²) in [6.07, 6.45) is 2.19. The van der Waals surface area contributed by atoms with E-state index < -0.39 is 0 Å². The van der Waals surface area contributed by atoms with Crippen molar-refractivity contribution >= 4 is 28.2 Å². The zero-order valence-corrected chi connectivity index (χ0v) is 15.5. The third kappa shape index (κ3) is 3.50. The van der Waals surface area contributed by atoms with E-state index in [1.807, 2.05) is 36.4 Å². The monoisotopic (exact) mass is 371 g/mol. The van der Waals surface area contributed by atoms with Crippen molar-refractivity contribution in [2.24, 2.45) is 5.92 Å². The van der Waals surface area contributed by atoms with Gasteiger partial charge in [0, 0.05) is 35.7 Å². The van der Waals surface area contributed by atoms with Gasteiger partial charge in [0.25, 0.3) is 0 Å². The number of hydrogen-bond acceptors (Lipinski definition) is 4. The van der Waals surface area contributed by atoms with E-state index in [0.29, 0.717) is 10.9 Å². The van der Waals surface area contributed by atoms with Crippen molar-refractivity contribution in [3.63, 3.8) is 0 Å². The maximum absolute atomic E-state index is 6.39. The van der Waals surface area contributed by atoms with Gasteiger partial charge >= 0.3 is 0 Å². The predicted molar refractivity (Wildman–Crippen MR) is 105 cm³/mol. The fraction of sp³-hybridized carbons (Fsp3) is 0.350. The Bertz CT molecular complexity index is 886. The first-order chi connectivity index (χ1) is 12.7. The van der Waals surface area contributed by atoms with Crippen LogP contribution in [-0.4, -0.2) is 37.1 Å². The number of methoxy groups -OCH3 is 1. The molecule has 2 aromatic carbocycles. The predicted octanol–water partition coefficient (Wildman–Crippen LogP) is 4.73. The Morgan fingerprint density at radius 1 is 1.23 bits per heavy atom. The third-order valence-electron chi connectivity index (χ3n) is 4.92. The van der Waals surface area contributed by atoms with E-state index >= 15 is 0 Å². The summed E-state index contributed by atoms with van der Waals surface area (Å²) in [7, 11) is 1.66. The van der Waals surface area contributed by atoms with Crippen LogP contribution >= 0.6 is 11.6 Å². The molecule has 0 radical (unpaired) electrons. The molecule has 0 aliphatic carbocycles. The molecule has 0 unspecified atom stereocenters. The van der Waals surface area contributed by atoms with E-state index in [2.05, 4.69) is 15.5 Å². The minimum Gasteiger partial charge on any atom is -0.497 e. The second-order valence-electron chi connectivity index (χ2n) is 6.61. The number of aromatic amines is 1. The van der Waals surface area contributed by atoms with E-state index in [9.17, 15) is 0 Å². The van der Waals surface area contributed by atoms with Gasteiger partial charge in [-0.25, -0.2) is 0 Å². The summed E-state index contributed by atoms with van der Waals surface area (Å²) in [5.74, 6) is 1.45. The van der Waals surface area contributed by atoms with Crippen LogP contribution in [0.2, 0.25) is 5.02 Å². The molecule has 136 valence electrons. The standard InChI is InChI=1S/C20H22ClN3O2/c1-25-16-4-2-14(3-5-16)19-17-10-15(21)11-18(20(17)24-23-19)22-12-13-6-8-26-9-7-13/h2-5,10-11,13,22H,6-9,12H2,1H3,(H,23,24). The fourth-order valence-electron chi connectivity index (χ4n) is 3.40. The van der Waals surface area contributed by atoms with Crippen molar-refractivity contribution in [2.75, 3.05) is 32.2 Å². The van der Waals surface area contributed by atoms with Crippen molar-refractivity contribution in [1.29, 1.82) is 0 Å². The number of hydrogen-bond donors (Lipinski definition) is 2. The first kappa shape index (κ1) is 17.2. The molecule has 0 bridgehead atoms. The molecule has 1 aliphatic heterocycles. The molecule has 2 heterocycles. The quantitative estimate of drug-likeness (QED) is 0.680. The average Bonchev–Trinajstić information content (AvgIpc) is 3.11. The summed E-state index contributed by atoms with van der Waals surface area (Å²) in [5, 5.41) is 13.0. The van der Waals surface area contributed by atoms with Gasteiger partial charge in [0.1, 0.15) is 11.4 Å². The highest BCUT2D eigenvalue weighted by atomic mass is 35.5. The lowest BCUT2D eigenvalue weighted by atomic mass is 10.00. The summed E-state index contributed by atoms with van der Waals surface area (Å²) in [6, 6.07) is 11.8. The second-order valence-corrected chi connectivity index (χ2v) is 7.05. The number of H-pyrrole nitrogens is 1. The Morgan fingerprint density at radius 2 is 2.00 bits per heavy atom. The van der Waals surface area contributed by atoms with Crippen LogP contribution < -0.4 is 10.1 Å². The van der Waals surface area contributed by atoms with Gasteiger partial charge in [-0.1, -0.05) is 11.6 Å². The number of nitrogens with zero attached hydrogens (tertiary/aromatic N) is 1. The summed E-state index contributed by atoms with van der Waals surface area (Å²) >= 11 is 6.39. The van der Waals surface area contributed by atoms with Crippen molar-refractivity contribution in [1.82, 2.24) is 10.2 Å². The lowest BCUT2D eigenvalue weighted by Crippen LogP contribution is -2.22. The van der Waals surface area contributed by atoms with Crippen LogP contribution in [0, 0.1) is 5.92 Å². The number of fused-ring (bicyclic) bond motifs is 1. The molecule has 2 N–H and O–H groups in total. The van der Waals surface area contributed by atoms with E-state index in [-0.39, 0.29) is 0 Å². The Hall–Kier alpha value is -2.24. The minimum absolute atomic E-state index is 0.627. The van der Waals surface area contributed by atoms with Gasteiger partial charge in [-0.05, 0) is 55.2 Å². The number of nitrogens with one attached hydrogen (secondary N) is 2. The molecular weight excluding hydrogens is 350 g/mol. The maximum atomic E-state index is 6.39. The molecule has 1 saturated heterocycles. The van der Waals surface area contributed by atoms with Crippen LogP contribution in [0.1, 0.15) is 12.8 Å². The van der Waals surface area contributed by atoms with Gasteiger partial charge in [-0.3, -0.25) is 5.10 Å². The SMILES string of the molecule is COc1ccc(-c2n[nH]c3c(NCC4CCOCC4)cc(Cl)cc23)cc1. The molecule has 6 heteroatoms. The van der Waals surface area contributed by atoms with Crippen molar-refractivity contribution in [3.8, 4) is 17.0 Å². The number of anilines is 1. The average molecular weight is 372 g/mol. The van der Waals surface area contributed by atoms with Crippen LogP contribution in [-0.2, 0) is 4.74 Å². The van der Waals surface area contributed by atoms with Crippen LogP contribution in [0.25, 0.3) is 22.2 Å². The first-order valence-corrected chi connectivity index (χ1v) is 9.26. The van der Waals surface area contributed by atoms with Crippen molar-refractivity contribution < 1.29 is 9.47 Å². The van der Waals surface area contributed by atoms with Gasteiger partial charge in [-0.15, -0.1) is 0 Å². The van der Waals surface area contributed by atoms with E-state index in [4.69, 9.17) is 21.1 Å². The summed E-state index contributed by atoms with van der Waals surface area (Å²) in [5.41, 5.74) is 3.88. The summed E-state index contributed by atoms with van der Waals surface area (Å²) in [4.78, 5) is 0. The molecule has 0 atom stereocenters. The van der Waals surface area contributed by atoms with Gasteiger partial charge in [0.2, 0.25) is 0 Å². The highest BCUT2D eigenvalue weighted by Gasteiger charge is 2.16. The molecule has 1 fully saturated rings. The number of aromatic nitrogens is 2. The number of ether oxygens (including phenoxy) is 2. The Morgan fingerprint density at radius 3 is 2.73 bits per heavy atom. The van der Waals surface area contributed by atoms with Crippen LogP contribution in [0.5, 0.6) is 5.75 Å². The molecule has 5 nitrogen and oxygen atoms in total. The number of rotatable bonds is 5. The number of benzene rings is 2. The van der Waals surface area contributed by atoms with Gasteiger partial charge in [0.15, 0.2) is 0 Å². The topological polar surface area (TPSA) is 59.2 Å². The summed E-state index contributed by atoms with van der Waals surface area (Å²) in [6.45, 7) is 2.61. The lowest BCUT2D eigenvalue weighted by molar-refractivity contribution is 0.0699. The molecule has 1 aromatic heterocycles. The number of halogens is 1. The van der Waals surface area contributed by atoms with Gasteiger partial charge in [-0.2, -0.15) is 5.10 Å². The maximum Gasteiger partial charge on any atom is 0.118 e. The second kappa shape index (κ2) is 7.56. The molecule has 4 rings (SSSR count). The highest BCUT2D eigenvalue weighted by molar-refractivity contribution is 6.32. The minimum atomic E-state index is 0.627. The molecule has 0 spiro atoms. The zero-order chi connectivity index (χ0) is 17.9. The largest absolute Gasteiger partial charge is 0.497 e. The highest BCUT2D eigenvalue weighted by Crippen LogP contribution is 2.34. The smallest absolute Gasteiger partial charge is 0.118 e. The normalized spacial score (nSPS) is 15.3. The van der Waals surface area contributed by atoms with Crippen LogP contribution in [0.4, 0.5) is 5.69 Å². The summed E-state index contributed by atoms with van der Waals surface area (Å²) < 4.78 is 10.7. The third-order valence-corrected chi connectivity index (χ3v) is 5.14. The van der Waals surface area contributed by atoms with Crippen LogP contribution in [0.3, 0.4) is 0 Å². The fourth-order valence-corrected chi connectivity index (χ4v) is 3.62. The van der Waals surface area contributed by atoms with Gasteiger partial charge < -0.3 is 14.8 Å². The van der Waals surface area contributed by atoms with Crippen molar-refractivity contribution in [3.05, 3.63) is 41.4 Å².